The zero-order valence-electron chi connectivity index (χ0n) is 8.60. The van der Waals surface area contributed by atoms with Gasteiger partial charge < -0.3 is 4.43 Å². The minimum Gasteiger partial charge on any atom is -0.400 e. The number of hydrogen-bond acceptors (Lipinski definition) is 3. The zero-order valence-corrected chi connectivity index (χ0v) is 10.6. The van der Waals surface area contributed by atoms with Crippen LogP contribution < -0.4 is 5.48 Å². The topological polar surface area (TPSA) is 30.5 Å². The normalized spacial score (nSPS) is 13.5. The molecule has 0 aromatic carbocycles. The molecular formula is C8H19NO2Si. The highest BCUT2D eigenvalue weighted by atomic mass is 28.2. The average Bonchev–Trinajstić information content (AvgIpc) is 2.02. The molecule has 0 aromatic heterocycles. The van der Waals surface area contributed by atoms with Gasteiger partial charge in [-0.25, -0.2) is 4.84 Å². The van der Waals surface area contributed by atoms with Crippen molar-refractivity contribution in [3.63, 3.8) is 0 Å². The standard InChI is InChI=1S/C8H19NO2Si/c1-5-6-7(2)9-10-8(3,4)11-12/h6,9H,5H2,1-4,12H3. The van der Waals surface area contributed by atoms with Gasteiger partial charge in [-0.15, -0.1) is 0 Å². The van der Waals surface area contributed by atoms with E-state index in [1.165, 1.54) is 0 Å². The first-order chi connectivity index (χ1) is 5.52. The quantitative estimate of drug-likeness (QED) is 0.395. The number of hydrogen-bond donors (Lipinski definition) is 1. The molecule has 0 saturated carbocycles. The Balaban J connectivity index is 3.75. The molecule has 0 aliphatic heterocycles. The van der Waals surface area contributed by atoms with E-state index in [2.05, 4.69) is 18.5 Å². The monoisotopic (exact) mass is 189 g/mol. The highest BCUT2D eigenvalue weighted by Gasteiger charge is 2.15. The second-order valence-corrected chi connectivity index (χ2v) is 3.51. The van der Waals surface area contributed by atoms with E-state index in [4.69, 9.17) is 9.26 Å². The average molecular weight is 189 g/mol. The Morgan fingerprint density at radius 3 is 2.58 bits per heavy atom. The third kappa shape index (κ3) is 5.34. The van der Waals surface area contributed by atoms with Crippen LogP contribution in [0.5, 0.6) is 0 Å². The molecule has 4 heteroatoms. The van der Waals surface area contributed by atoms with Gasteiger partial charge in [-0.1, -0.05) is 13.0 Å². The lowest BCUT2D eigenvalue weighted by atomic mass is 10.4. The Kier molecular flexibility index (Phi) is 5.20. The van der Waals surface area contributed by atoms with Crippen LogP contribution in [0.3, 0.4) is 0 Å². The van der Waals surface area contributed by atoms with E-state index in [1.54, 1.807) is 0 Å². The van der Waals surface area contributed by atoms with Gasteiger partial charge >= 0.3 is 0 Å². The summed E-state index contributed by atoms with van der Waals surface area (Å²) in [4.78, 5) is 5.29. The van der Waals surface area contributed by atoms with E-state index in [9.17, 15) is 0 Å². The van der Waals surface area contributed by atoms with Crippen LogP contribution >= 0.6 is 0 Å². The summed E-state index contributed by atoms with van der Waals surface area (Å²) in [7, 11) is 0.675. The van der Waals surface area contributed by atoms with E-state index in [-0.39, 0.29) is 0 Å². The molecule has 0 unspecified atom stereocenters. The molecule has 1 N–H and O–H groups in total. The van der Waals surface area contributed by atoms with Gasteiger partial charge in [0, 0.05) is 5.70 Å². The lowest BCUT2D eigenvalue weighted by Crippen LogP contribution is -2.33. The van der Waals surface area contributed by atoms with E-state index >= 15 is 0 Å². The number of nitrogens with one attached hydrogen (secondary N) is 1. The summed E-state index contributed by atoms with van der Waals surface area (Å²) >= 11 is 0. The maximum absolute atomic E-state index is 5.29. The van der Waals surface area contributed by atoms with E-state index in [0.717, 1.165) is 12.1 Å². The molecule has 72 valence electrons. The SMILES string of the molecule is CCC=C(C)NOC(C)(C)O[SiH3]. The maximum Gasteiger partial charge on any atom is 0.178 e. The number of allylic oxidation sites excluding steroid dienone is 2. The van der Waals surface area contributed by atoms with Gasteiger partial charge in [-0.3, -0.25) is 5.48 Å². The highest BCUT2D eigenvalue weighted by molar-refractivity contribution is 5.98. The second-order valence-electron chi connectivity index (χ2n) is 3.10. The van der Waals surface area contributed by atoms with Crippen molar-refractivity contribution in [3.8, 4) is 0 Å². The fourth-order valence-corrected chi connectivity index (χ4v) is 0.676. The first kappa shape index (κ1) is 11.7. The molecule has 0 bridgehead atoms. The lowest BCUT2D eigenvalue weighted by Gasteiger charge is -2.24. The molecule has 0 aliphatic rings. The molecule has 3 nitrogen and oxygen atoms in total. The third-order valence-corrected chi connectivity index (χ3v) is 2.44. The molecule has 0 spiro atoms. The minimum atomic E-state index is -0.519. The van der Waals surface area contributed by atoms with Crippen molar-refractivity contribution in [1.29, 1.82) is 0 Å². The fraction of sp³-hybridized carbons (Fsp3) is 0.750. The van der Waals surface area contributed by atoms with Crippen LogP contribution in [0.15, 0.2) is 11.8 Å². The lowest BCUT2D eigenvalue weighted by molar-refractivity contribution is -0.188. The molecule has 0 aliphatic carbocycles. The predicted octanol–water partition coefficient (Wildman–Crippen LogP) is 0.854. The van der Waals surface area contributed by atoms with Crippen LogP contribution in [0.1, 0.15) is 34.1 Å². The molecule has 0 saturated heterocycles. The van der Waals surface area contributed by atoms with Gasteiger partial charge in [0.2, 0.25) is 0 Å². The summed E-state index contributed by atoms with van der Waals surface area (Å²) in [6.07, 6.45) is 3.06. The van der Waals surface area contributed by atoms with Crippen molar-refractivity contribution in [1.82, 2.24) is 5.48 Å². The fourth-order valence-electron chi connectivity index (χ4n) is 0.593. The van der Waals surface area contributed by atoms with Crippen LogP contribution in [-0.4, -0.2) is 16.3 Å². The summed E-state index contributed by atoms with van der Waals surface area (Å²) < 4.78 is 5.19. The molecule has 0 amide bonds. The first-order valence-corrected chi connectivity index (χ1v) is 4.99. The van der Waals surface area contributed by atoms with Crippen LogP contribution in [0, 0.1) is 0 Å². The van der Waals surface area contributed by atoms with Gasteiger partial charge in [0.1, 0.15) is 10.5 Å². The van der Waals surface area contributed by atoms with E-state index in [0.29, 0.717) is 10.5 Å². The Hall–Kier alpha value is -0.323. The zero-order chi connectivity index (χ0) is 9.61. The third-order valence-electron chi connectivity index (χ3n) is 1.46. The molecule has 0 heterocycles. The molecule has 12 heavy (non-hydrogen) atoms. The van der Waals surface area contributed by atoms with E-state index < -0.39 is 5.79 Å². The number of rotatable bonds is 5. The molecule has 0 rings (SSSR count). The van der Waals surface area contributed by atoms with Gasteiger partial charge in [0.15, 0.2) is 5.79 Å². The second kappa shape index (κ2) is 5.34. The Labute approximate surface area is 77.6 Å². The van der Waals surface area contributed by atoms with Gasteiger partial charge in [0.05, 0.1) is 0 Å². The van der Waals surface area contributed by atoms with Crippen LogP contribution in [-0.2, 0) is 9.26 Å². The van der Waals surface area contributed by atoms with Gasteiger partial charge in [-0.2, -0.15) is 0 Å². The van der Waals surface area contributed by atoms with Crippen molar-refractivity contribution in [2.45, 2.75) is 39.9 Å². The molecule has 0 fully saturated rings. The summed E-state index contributed by atoms with van der Waals surface area (Å²) in [5.41, 5.74) is 3.85. The van der Waals surface area contributed by atoms with Crippen molar-refractivity contribution >= 4 is 10.5 Å². The molecule has 0 aromatic rings. The first-order valence-electron chi connectivity index (χ1n) is 4.17. The summed E-state index contributed by atoms with van der Waals surface area (Å²) in [5, 5.41) is 0. The smallest absolute Gasteiger partial charge is 0.178 e. The predicted molar refractivity (Wildman–Crippen MR) is 53.4 cm³/mol. The van der Waals surface area contributed by atoms with Crippen molar-refractivity contribution in [3.05, 3.63) is 11.8 Å². The van der Waals surface area contributed by atoms with Crippen molar-refractivity contribution < 1.29 is 9.26 Å². The van der Waals surface area contributed by atoms with Crippen LogP contribution in [0.2, 0.25) is 0 Å². The molecular weight excluding hydrogens is 170 g/mol. The Morgan fingerprint density at radius 2 is 2.17 bits per heavy atom. The summed E-state index contributed by atoms with van der Waals surface area (Å²) in [6.45, 7) is 7.81. The van der Waals surface area contributed by atoms with Crippen LogP contribution in [0.4, 0.5) is 0 Å². The maximum atomic E-state index is 5.29. The largest absolute Gasteiger partial charge is 0.400 e. The Bertz CT molecular complexity index is 157. The van der Waals surface area contributed by atoms with Crippen molar-refractivity contribution in [2.75, 3.05) is 0 Å². The highest BCUT2D eigenvalue weighted by Crippen LogP contribution is 2.07. The number of hydroxylamine groups is 1. The van der Waals surface area contributed by atoms with Crippen molar-refractivity contribution in [2.24, 2.45) is 0 Å². The van der Waals surface area contributed by atoms with E-state index in [1.807, 2.05) is 20.8 Å². The summed E-state index contributed by atoms with van der Waals surface area (Å²) in [6, 6.07) is 0. The Morgan fingerprint density at radius 1 is 1.58 bits per heavy atom. The minimum absolute atomic E-state index is 0.519. The van der Waals surface area contributed by atoms with Gasteiger partial charge in [0.25, 0.3) is 0 Å². The van der Waals surface area contributed by atoms with Crippen LogP contribution in [0.25, 0.3) is 0 Å². The molecule has 0 atom stereocenters. The van der Waals surface area contributed by atoms with Gasteiger partial charge in [-0.05, 0) is 27.2 Å². The summed E-state index contributed by atoms with van der Waals surface area (Å²) in [5.74, 6) is -0.519. The molecule has 0 radical (unpaired) electrons.